The Bertz CT molecular complexity index is 528. The number of nitrogens with zero attached hydrogens (tertiary/aromatic N) is 2. The van der Waals surface area contributed by atoms with Gasteiger partial charge in [-0.25, -0.2) is 0 Å². The van der Waals surface area contributed by atoms with Crippen LogP contribution in [0.1, 0.15) is 17.0 Å². The van der Waals surface area contributed by atoms with E-state index in [2.05, 4.69) is 31.2 Å². The van der Waals surface area contributed by atoms with Gasteiger partial charge in [0.1, 0.15) is 5.75 Å². The van der Waals surface area contributed by atoms with Gasteiger partial charge in [-0.15, -0.1) is 0 Å². The molecule has 18 heavy (non-hydrogen) atoms. The SMILES string of the molecule is Cc1cnc(CNCc2cc(Br)ccc2O)cn1. The fourth-order valence-electron chi connectivity index (χ4n) is 1.53. The number of hydrogen-bond donors (Lipinski definition) is 2. The zero-order chi connectivity index (χ0) is 13.0. The summed E-state index contributed by atoms with van der Waals surface area (Å²) in [6.45, 7) is 3.11. The highest BCUT2D eigenvalue weighted by atomic mass is 79.9. The summed E-state index contributed by atoms with van der Waals surface area (Å²) in [5.74, 6) is 0.292. The lowest BCUT2D eigenvalue weighted by molar-refractivity contribution is 0.464. The van der Waals surface area contributed by atoms with Crippen molar-refractivity contribution in [3.63, 3.8) is 0 Å². The fourth-order valence-corrected chi connectivity index (χ4v) is 1.94. The van der Waals surface area contributed by atoms with Gasteiger partial charge in [-0.2, -0.15) is 0 Å². The van der Waals surface area contributed by atoms with Crippen molar-refractivity contribution in [2.45, 2.75) is 20.0 Å². The molecule has 5 heteroatoms. The van der Waals surface area contributed by atoms with E-state index in [0.717, 1.165) is 21.4 Å². The lowest BCUT2D eigenvalue weighted by atomic mass is 10.2. The van der Waals surface area contributed by atoms with Gasteiger partial charge in [-0.3, -0.25) is 9.97 Å². The molecular formula is C13H14BrN3O. The maximum absolute atomic E-state index is 9.68. The van der Waals surface area contributed by atoms with Gasteiger partial charge in [-0.05, 0) is 25.1 Å². The van der Waals surface area contributed by atoms with Crippen LogP contribution in [-0.2, 0) is 13.1 Å². The number of aromatic hydroxyl groups is 1. The second-order valence-corrected chi connectivity index (χ2v) is 4.94. The Labute approximate surface area is 114 Å². The number of phenolic OH excluding ortho intramolecular Hbond substituents is 1. The summed E-state index contributed by atoms with van der Waals surface area (Å²) >= 11 is 3.38. The third-order valence-electron chi connectivity index (χ3n) is 2.50. The molecule has 0 saturated carbocycles. The summed E-state index contributed by atoms with van der Waals surface area (Å²) in [6.07, 6.45) is 3.50. The molecule has 1 aromatic carbocycles. The highest BCUT2D eigenvalue weighted by molar-refractivity contribution is 9.10. The van der Waals surface area contributed by atoms with E-state index in [1.165, 1.54) is 0 Å². The standard InChI is InChI=1S/C13H14BrN3O/c1-9-5-17-12(8-16-9)7-15-6-10-4-11(14)2-3-13(10)18/h2-5,8,15,18H,6-7H2,1H3. The Morgan fingerprint density at radius 2 is 2.06 bits per heavy atom. The van der Waals surface area contributed by atoms with E-state index in [1.807, 2.05) is 19.1 Å². The largest absolute Gasteiger partial charge is 0.508 e. The fraction of sp³-hybridized carbons (Fsp3) is 0.231. The maximum atomic E-state index is 9.68. The Kier molecular flexibility index (Phi) is 4.28. The molecular weight excluding hydrogens is 294 g/mol. The predicted molar refractivity (Wildman–Crippen MR) is 73.1 cm³/mol. The zero-order valence-electron chi connectivity index (χ0n) is 10.0. The van der Waals surface area contributed by atoms with Crippen molar-refractivity contribution in [3.05, 3.63) is 52.0 Å². The first-order valence-corrected chi connectivity index (χ1v) is 6.40. The number of hydrogen-bond acceptors (Lipinski definition) is 4. The highest BCUT2D eigenvalue weighted by Crippen LogP contribution is 2.21. The van der Waals surface area contributed by atoms with Gasteiger partial charge in [0.25, 0.3) is 0 Å². The second kappa shape index (κ2) is 5.93. The third-order valence-corrected chi connectivity index (χ3v) is 2.99. The molecule has 1 heterocycles. The van der Waals surface area contributed by atoms with Gasteiger partial charge in [0, 0.05) is 35.5 Å². The van der Waals surface area contributed by atoms with Crippen LogP contribution in [0.3, 0.4) is 0 Å². The minimum Gasteiger partial charge on any atom is -0.508 e. The molecule has 2 N–H and O–H groups in total. The third kappa shape index (κ3) is 3.51. The average molecular weight is 308 g/mol. The number of nitrogens with one attached hydrogen (secondary N) is 1. The van der Waals surface area contributed by atoms with Crippen molar-refractivity contribution < 1.29 is 5.11 Å². The van der Waals surface area contributed by atoms with Gasteiger partial charge in [0.15, 0.2) is 0 Å². The molecule has 0 spiro atoms. The molecule has 0 saturated heterocycles. The van der Waals surface area contributed by atoms with Crippen LogP contribution in [0.15, 0.2) is 35.1 Å². The summed E-state index contributed by atoms with van der Waals surface area (Å²) < 4.78 is 0.951. The molecule has 1 aromatic heterocycles. The van der Waals surface area contributed by atoms with Crippen LogP contribution >= 0.6 is 15.9 Å². The molecule has 94 valence electrons. The summed E-state index contributed by atoms with van der Waals surface area (Å²) in [5.41, 5.74) is 2.64. The van der Waals surface area contributed by atoms with Crippen molar-refractivity contribution in [1.82, 2.24) is 15.3 Å². The van der Waals surface area contributed by atoms with Crippen LogP contribution in [0.4, 0.5) is 0 Å². The van der Waals surface area contributed by atoms with Crippen molar-refractivity contribution in [2.75, 3.05) is 0 Å². The van der Waals surface area contributed by atoms with E-state index in [4.69, 9.17) is 0 Å². The summed E-state index contributed by atoms with van der Waals surface area (Å²) in [7, 11) is 0. The Hall–Kier alpha value is -1.46. The lowest BCUT2D eigenvalue weighted by Crippen LogP contribution is -2.14. The van der Waals surface area contributed by atoms with E-state index >= 15 is 0 Å². The van der Waals surface area contributed by atoms with E-state index in [9.17, 15) is 5.11 Å². The molecule has 0 aliphatic carbocycles. The van der Waals surface area contributed by atoms with Crippen LogP contribution in [-0.4, -0.2) is 15.1 Å². The van der Waals surface area contributed by atoms with E-state index in [1.54, 1.807) is 18.5 Å². The number of halogens is 1. The molecule has 0 aliphatic heterocycles. The summed E-state index contributed by atoms with van der Waals surface area (Å²) in [5, 5.41) is 12.9. The number of aromatic nitrogens is 2. The zero-order valence-corrected chi connectivity index (χ0v) is 11.6. The number of aryl methyl sites for hydroxylation is 1. The minimum atomic E-state index is 0.292. The number of rotatable bonds is 4. The van der Waals surface area contributed by atoms with Gasteiger partial charge >= 0.3 is 0 Å². The van der Waals surface area contributed by atoms with Gasteiger partial charge in [-0.1, -0.05) is 15.9 Å². The van der Waals surface area contributed by atoms with Crippen LogP contribution in [0.25, 0.3) is 0 Å². The molecule has 2 aromatic rings. The quantitative estimate of drug-likeness (QED) is 0.911. The molecule has 0 bridgehead atoms. The van der Waals surface area contributed by atoms with Crippen molar-refractivity contribution in [2.24, 2.45) is 0 Å². The molecule has 0 radical (unpaired) electrons. The highest BCUT2D eigenvalue weighted by Gasteiger charge is 2.02. The van der Waals surface area contributed by atoms with Gasteiger partial charge in [0.2, 0.25) is 0 Å². The molecule has 0 atom stereocenters. The molecule has 0 fully saturated rings. The number of phenols is 1. The van der Waals surface area contributed by atoms with E-state index in [0.29, 0.717) is 18.8 Å². The Morgan fingerprint density at radius 3 is 2.78 bits per heavy atom. The van der Waals surface area contributed by atoms with Gasteiger partial charge in [0.05, 0.1) is 11.4 Å². The molecule has 4 nitrogen and oxygen atoms in total. The first-order chi connectivity index (χ1) is 8.65. The Morgan fingerprint density at radius 1 is 1.22 bits per heavy atom. The smallest absolute Gasteiger partial charge is 0.120 e. The van der Waals surface area contributed by atoms with Crippen LogP contribution < -0.4 is 5.32 Å². The first kappa shape index (κ1) is 13.0. The summed E-state index contributed by atoms with van der Waals surface area (Å²) in [4.78, 5) is 8.43. The topological polar surface area (TPSA) is 58.0 Å². The number of benzene rings is 1. The van der Waals surface area contributed by atoms with Crippen molar-refractivity contribution >= 4 is 15.9 Å². The second-order valence-electron chi connectivity index (χ2n) is 4.03. The van der Waals surface area contributed by atoms with E-state index < -0.39 is 0 Å². The summed E-state index contributed by atoms with van der Waals surface area (Å²) in [6, 6.07) is 5.38. The Balaban J connectivity index is 1.92. The first-order valence-electron chi connectivity index (χ1n) is 5.61. The lowest BCUT2D eigenvalue weighted by Gasteiger charge is -2.07. The normalized spacial score (nSPS) is 10.6. The molecule has 0 amide bonds. The van der Waals surface area contributed by atoms with Gasteiger partial charge < -0.3 is 10.4 Å². The minimum absolute atomic E-state index is 0.292. The average Bonchev–Trinajstić information content (AvgIpc) is 2.36. The molecule has 2 rings (SSSR count). The van der Waals surface area contributed by atoms with Crippen molar-refractivity contribution in [3.8, 4) is 5.75 Å². The predicted octanol–water partition coefficient (Wildman–Crippen LogP) is 2.54. The van der Waals surface area contributed by atoms with Crippen molar-refractivity contribution in [1.29, 1.82) is 0 Å². The van der Waals surface area contributed by atoms with Crippen LogP contribution in [0, 0.1) is 6.92 Å². The van der Waals surface area contributed by atoms with E-state index in [-0.39, 0.29) is 0 Å². The monoisotopic (exact) mass is 307 g/mol. The maximum Gasteiger partial charge on any atom is 0.120 e. The van der Waals surface area contributed by atoms with Crippen LogP contribution in [0.2, 0.25) is 0 Å². The molecule has 0 unspecified atom stereocenters. The van der Waals surface area contributed by atoms with Crippen LogP contribution in [0.5, 0.6) is 5.75 Å². The molecule has 0 aliphatic rings.